The molecule has 0 radical (unpaired) electrons. The number of aryl methyl sites for hydroxylation is 1. The minimum absolute atomic E-state index is 0.148. The number of aliphatic hydroxyl groups excluding tert-OH is 1. The number of rotatable bonds is 6. The largest absolute Gasteiger partial charge is 0.391 e. The highest BCUT2D eigenvalue weighted by atomic mass is 32.2. The highest BCUT2D eigenvalue weighted by molar-refractivity contribution is 7.89. The molecule has 8 heteroatoms. The van der Waals surface area contributed by atoms with Crippen molar-refractivity contribution >= 4 is 32.7 Å². The van der Waals surface area contributed by atoms with E-state index in [2.05, 4.69) is 9.71 Å². The first kappa shape index (κ1) is 15.6. The first-order chi connectivity index (χ1) is 9.47. The lowest BCUT2D eigenvalue weighted by atomic mass is 10.3. The van der Waals surface area contributed by atoms with Crippen molar-refractivity contribution in [3.05, 3.63) is 32.4 Å². The van der Waals surface area contributed by atoms with Gasteiger partial charge in [-0.25, -0.2) is 18.1 Å². The Balaban J connectivity index is 2.28. The molecule has 0 aromatic carbocycles. The van der Waals surface area contributed by atoms with Gasteiger partial charge in [-0.1, -0.05) is 6.92 Å². The molecule has 1 unspecified atom stereocenters. The van der Waals surface area contributed by atoms with Crippen molar-refractivity contribution in [1.29, 1.82) is 0 Å². The van der Waals surface area contributed by atoms with Gasteiger partial charge in [-0.3, -0.25) is 0 Å². The smallest absolute Gasteiger partial charge is 0.242 e. The number of nitrogens with one attached hydrogen (secondary N) is 1. The van der Waals surface area contributed by atoms with E-state index in [-0.39, 0.29) is 17.5 Å². The number of hydrogen-bond acceptors (Lipinski definition) is 6. The third-order valence-electron chi connectivity index (χ3n) is 2.82. The van der Waals surface area contributed by atoms with Gasteiger partial charge in [0, 0.05) is 21.3 Å². The van der Waals surface area contributed by atoms with Gasteiger partial charge in [0.15, 0.2) is 0 Å². The number of aromatic nitrogens is 1. The van der Waals surface area contributed by atoms with Gasteiger partial charge < -0.3 is 5.11 Å². The van der Waals surface area contributed by atoms with E-state index in [0.29, 0.717) is 16.2 Å². The predicted octanol–water partition coefficient (Wildman–Crippen LogP) is 2.43. The fraction of sp³-hybridized carbons (Fsp3) is 0.417. The molecular formula is C12H16N2O3S3. The molecule has 2 heterocycles. The van der Waals surface area contributed by atoms with Crippen LogP contribution in [-0.2, 0) is 16.6 Å². The van der Waals surface area contributed by atoms with Crippen LogP contribution in [0.4, 0.5) is 0 Å². The molecule has 1 atom stereocenters. The fourth-order valence-electron chi connectivity index (χ4n) is 1.83. The van der Waals surface area contributed by atoms with Gasteiger partial charge in [-0.15, -0.1) is 22.7 Å². The number of hydrogen-bond donors (Lipinski definition) is 2. The van der Waals surface area contributed by atoms with Crippen molar-refractivity contribution in [2.75, 3.05) is 0 Å². The number of aliphatic hydroxyl groups is 1. The average molecular weight is 332 g/mol. The van der Waals surface area contributed by atoms with Crippen LogP contribution < -0.4 is 4.72 Å². The quantitative estimate of drug-likeness (QED) is 0.851. The van der Waals surface area contributed by atoms with Crippen LogP contribution in [0.1, 0.15) is 34.1 Å². The molecule has 0 aliphatic carbocycles. The van der Waals surface area contributed by atoms with Crippen molar-refractivity contribution in [2.45, 2.75) is 37.8 Å². The summed E-state index contributed by atoms with van der Waals surface area (Å²) in [5.74, 6) is 0. The molecule has 0 bridgehead atoms. The van der Waals surface area contributed by atoms with Crippen molar-refractivity contribution < 1.29 is 13.5 Å². The Morgan fingerprint density at radius 2 is 2.25 bits per heavy atom. The lowest BCUT2D eigenvalue weighted by Gasteiger charge is -2.14. The lowest BCUT2D eigenvalue weighted by Crippen LogP contribution is -2.28. The summed E-state index contributed by atoms with van der Waals surface area (Å²) in [4.78, 5) is 5.72. The molecule has 2 aromatic rings. The third kappa shape index (κ3) is 3.26. The summed E-state index contributed by atoms with van der Waals surface area (Å²) in [7, 11) is -3.60. The van der Waals surface area contributed by atoms with Crippen LogP contribution in [-0.4, -0.2) is 18.5 Å². The Labute approximate surface area is 126 Å². The second kappa shape index (κ2) is 6.31. The van der Waals surface area contributed by atoms with E-state index in [1.807, 2.05) is 12.3 Å². The zero-order valence-corrected chi connectivity index (χ0v) is 13.6. The highest BCUT2D eigenvalue weighted by Crippen LogP contribution is 2.28. The van der Waals surface area contributed by atoms with Gasteiger partial charge in [-0.05, 0) is 19.4 Å². The number of thiazole rings is 1. The lowest BCUT2D eigenvalue weighted by molar-refractivity contribution is 0.285. The minimum atomic E-state index is -3.60. The molecule has 0 saturated heterocycles. The van der Waals surface area contributed by atoms with Crippen molar-refractivity contribution in [3.8, 4) is 0 Å². The number of thiophene rings is 1. The van der Waals surface area contributed by atoms with Gasteiger partial charge in [-0.2, -0.15) is 0 Å². The molecular weight excluding hydrogens is 316 g/mol. The second-order valence-electron chi connectivity index (χ2n) is 4.24. The van der Waals surface area contributed by atoms with E-state index in [1.54, 1.807) is 13.1 Å². The van der Waals surface area contributed by atoms with Crippen LogP contribution in [0.2, 0.25) is 0 Å². The van der Waals surface area contributed by atoms with Crippen LogP contribution in [0.25, 0.3) is 0 Å². The van der Waals surface area contributed by atoms with Gasteiger partial charge in [0.2, 0.25) is 10.0 Å². The van der Waals surface area contributed by atoms with Gasteiger partial charge in [0.25, 0.3) is 0 Å². The maximum absolute atomic E-state index is 12.4. The Kier molecular flexibility index (Phi) is 4.92. The zero-order valence-electron chi connectivity index (χ0n) is 11.2. The molecule has 0 aliphatic rings. The maximum Gasteiger partial charge on any atom is 0.242 e. The van der Waals surface area contributed by atoms with E-state index in [0.717, 1.165) is 5.01 Å². The Hall–Kier alpha value is -0.800. The molecule has 0 fully saturated rings. The third-order valence-corrected chi connectivity index (χ3v) is 6.48. The van der Waals surface area contributed by atoms with E-state index in [1.165, 1.54) is 28.7 Å². The van der Waals surface area contributed by atoms with Crippen LogP contribution >= 0.6 is 22.7 Å². The van der Waals surface area contributed by atoms with E-state index < -0.39 is 10.0 Å². The summed E-state index contributed by atoms with van der Waals surface area (Å²) in [6.45, 7) is 3.50. The summed E-state index contributed by atoms with van der Waals surface area (Å²) in [6.07, 6.45) is 2.29. The second-order valence-corrected chi connectivity index (χ2v) is 8.19. The summed E-state index contributed by atoms with van der Waals surface area (Å²) in [5.41, 5.74) is 0. The first-order valence-corrected chi connectivity index (χ1v) is 9.27. The van der Waals surface area contributed by atoms with Crippen molar-refractivity contribution in [3.63, 3.8) is 0 Å². The topological polar surface area (TPSA) is 79.3 Å². The van der Waals surface area contributed by atoms with Gasteiger partial charge in [0.05, 0.1) is 17.5 Å². The van der Waals surface area contributed by atoms with Crippen LogP contribution in [0, 0.1) is 6.92 Å². The monoisotopic (exact) mass is 332 g/mol. The normalized spacial score (nSPS) is 13.6. The van der Waals surface area contributed by atoms with Gasteiger partial charge >= 0.3 is 0 Å². The van der Waals surface area contributed by atoms with E-state index in [4.69, 9.17) is 5.11 Å². The summed E-state index contributed by atoms with van der Waals surface area (Å²) >= 11 is 2.72. The van der Waals surface area contributed by atoms with E-state index >= 15 is 0 Å². The van der Waals surface area contributed by atoms with Crippen LogP contribution in [0.5, 0.6) is 0 Å². The predicted molar refractivity (Wildman–Crippen MR) is 80.4 cm³/mol. The maximum atomic E-state index is 12.4. The Bertz CT molecular complexity index is 662. The Morgan fingerprint density at radius 3 is 2.75 bits per heavy atom. The van der Waals surface area contributed by atoms with Crippen LogP contribution in [0.15, 0.2) is 22.5 Å². The van der Waals surface area contributed by atoms with Crippen molar-refractivity contribution in [1.82, 2.24) is 9.71 Å². The molecule has 110 valence electrons. The molecule has 0 spiro atoms. The molecule has 5 nitrogen and oxygen atoms in total. The summed E-state index contributed by atoms with van der Waals surface area (Å²) in [5, 5.41) is 11.7. The fourth-order valence-corrected chi connectivity index (χ4v) is 5.46. The summed E-state index contributed by atoms with van der Waals surface area (Å²) < 4.78 is 27.6. The Morgan fingerprint density at radius 1 is 1.50 bits per heavy atom. The average Bonchev–Trinajstić information content (AvgIpc) is 3.05. The number of sulfonamides is 1. The van der Waals surface area contributed by atoms with E-state index in [9.17, 15) is 8.42 Å². The molecule has 0 aliphatic heterocycles. The summed E-state index contributed by atoms with van der Waals surface area (Å²) in [6, 6.07) is 1.20. The standard InChI is InChI=1S/C12H16N2O3S3/c1-3-10(12-13-4-5-18-12)14-20(16,17)11-6-9(7-15)19-8(11)2/h4-6,10,14-15H,3,7H2,1-2H3. The molecule has 20 heavy (non-hydrogen) atoms. The van der Waals surface area contributed by atoms with Crippen molar-refractivity contribution in [2.24, 2.45) is 0 Å². The zero-order chi connectivity index (χ0) is 14.8. The molecule has 2 aromatic heterocycles. The minimum Gasteiger partial charge on any atom is -0.391 e. The first-order valence-electron chi connectivity index (χ1n) is 6.09. The molecule has 2 N–H and O–H groups in total. The number of nitrogens with zero attached hydrogens (tertiary/aromatic N) is 1. The SMILES string of the molecule is CCC(NS(=O)(=O)c1cc(CO)sc1C)c1nccs1. The molecule has 2 rings (SSSR count). The van der Waals surface area contributed by atoms with Crippen LogP contribution in [0.3, 0.4) is 0 Å². The molecule has 0 amide bonds. The highest BCUT2D eigenvalue weighted by Gasteiger charge is 2.24. The molecule has 0 saturated carbocycles. The van der Waals surface area contributed by atoms with Gasteiger partial charge in [0.1, 0.15) is 5.01 Å².